The van der Waals surface area contributed by atoms with Crippen LogP contribution in [-0.2, 0) is 22.4 Å². The summed E-state index contributed by atoms with van der Waals surface area (Å²) in [6.07, 6.45) is 7.16. The van der Waals surface area contributed by atoms with Crippen LogP contribution in [0.5, 0.6) is 5.75 Å². The molecule has 2 aromatic rings. The molecule has 194 valence electrons. The second kappa shape index (κ2) is 12.3. The average molecular weight is 496 g/mol. The van der Waals surface area contributed by atoms with E-state index in [9.17, 15) is 14.7 Å². The Morgan fingerprint density at radius 3 is 2.86 bits per heavy atom. The molecule has 9 heteroatoms. The van der Waals surface area contributed by atoms with Gasteiger partial charge in [-0.1, -0.05) is 25.5 Å². The van der Waals surface area contributed by atoms with E-state index in [0.29, 0.717) is 45.6 Å². The number of amides is 1. The third-order valence-corrected chi connectivity index (χ3v) is 7.39. The lowest BCUT2D eigenvalue weighted by Gasteiger charge is -2.29. The largest absolute Gasteiger partial charge is 0.493 e. The maximum atomic E-state index is 13.3. The van der Waals surface area contributed by atoms with Crippen LogP contribution in [0.4, 0.5) is 0 Å². The van der Waals surface area contributed by atoms with E-state index >= 15 is 0 Å². The van der Waals surface area contributed by atoms with E-state index in [0.717, 1.165) is 41.8 Å². The van der Waals surface area contributed by atoms with Gasteiger partial charge >= 0.3 is 5.97 Å². The molecule has 9 nitrogen and oxygen atoms in total. The Balaban J connectivity index is 1.59. The van der Waals surface area contributed by atoms with Crippen molar-refractivity contribution in [3.8, 4) is 5.75 Å². The molecule has 3 atom stereocenters. The molecule has 1 unspecified atom stereocenters. The summed E-state index contributed by atoms with van der Waals surface area (Å²) in [6, 6.07) is 7.60. The molecule has 0 aliphatic carbocycles. The number of carboxylic acids is 1. The predicted molar refractivity (Wildman–Crippen MR) is 136 cm³/mol. The molecule has 0 radical (unpaired) electrons. The minimum atomic E-state index is -0.829. The van der Waals surface area contributed by atoms with Gasteiger partial charge in [0.05, 0.1) is 19.1 Å². The quantitative estimate of drug-likeness (QED) is 0.459. The summed E-state index contributed by atoms with van der Waals surface area (Å²) in [4.78, 5) is 38.2. The molecule has 1 aromatic carbocycles. The fourth-order valence-corrected chi connectivity index (χ4v) is 5.53. The van der Waals surface area contributed by atoms with E-state index in [-0.39, 0.29) is 24.4 Å². The van der Waals surface area contributed by atoms with Crippen LogP contribution in [0, 0.1) is 5.92 Å². The monoisotopic (exact) mass is 495 g/mol. The summed E-state index contributed by atoms with van der Waals surface area (Å²) in [7, 11) is 0. The molecule has 0 spiro atoms. The number of hydrogen-bond donors (Lipinski definition) is 2. The minimum Gasteiger partial charge on any atom is -0.493 e. The Labute approximate surface area is 212 Å². The van der Waals surface area contributed by atoms with E-state index in [4.69, 9.17) is 10.5 Å². The number of unbranched alkanes of at least 4 members (excludes halogenated alkanes) is 1. The maximum absolute atomic E-state index is 13.3. The number of carboxylic acid groups (broad SMARTS) is 1. The number of carbonyl (C=O) groups is 2. The molecule has 1 amide bonds. The van der Waals surface area contributed by atoms with Gasteiger partial charge in [-0.25, -0.2) is 9.97 Å². The second-order valence-corrected chi connectivity index (χ2v) is 9.70. The molecule has 2 aliphatic rings. The number of aryl methyl sites for hydroxylation is 1. The zero-order valence-electron chi connectivity index (χ0n) is 21.0. The lowest BCUT2D eigenvalue weighted by atomic mass is 9.83. The summed E-state index contributed by atoms with van der Waals surface area (Å²) >= 11 is 0. The van der Waals surface area contributed by atoms with Crippen LogP contribution in [0.25, 0.3) is 0 Å². The van der Waals surface area contributed by atoms with Crippen LogP contribution in [0.3, 0.4) is 0 Å². The number of nitrogens with two attached hydrogens (primary N) is 1. The lowest BCUT2D eigenvalue weighted by Crippen LogP contribution is -2.45. The molecule has 3 N–H and O–H groups in total. The molecular formula is C27H37N5O4. The summed E-state index contributed by atoms with van der Waals surface area (Å²) in [6.45, 7) is 5.04. The fourth-order valence-electron chi connectivity index (χ4n) is 5.53. The van der Waals surface area contributed by atoms with Crippen LogP contribution in [0.2, 0.25) is 0 Å². The van der Waals surface area contributed by atoms with E-state index in [1.807, 2.05) is 23.1 Å². The first-order chi connectivity index (χ1) is 17.5. The number of aliphatic carboxylic acids is 1. The number of rotatable bonds is 12. The Hall–Kier alpha value is -3.04. The number of hydrogen-bond acceptors (Lipinski definition) is 7. The number of aromatic nitrogens is 2. The summed E-state index contributed by atoms with van der Waals surface area (Å²) in [5.41, 5.74) is 8.77. The number of nitrogens with zero attached hydrogens (tertiary/aromatic N) is 4. The molecular weight excluding hydrogens is 458 g/mol. The topological polar surface area (TPSA) is 122 Å². The van der Waals surface area contributed by atoms with Gasteiger partial charge in [-0.3, -0.25) is 14.5 Å². The number of fused-ring (bicyclic) bond motifs is 1. The molecule has 0 saturated carbocycles. The Bertz CT molecular complexity index is 1030. The summed E-state index contributed by atoms with van der Waals surface area (Å²) < 4.78 is 5.66. The van der Waals surface area contributed by atoms with Crippen LogP contribution in [0.15, 0.2) is 36.8 Å². The molecule has 1 saturated heterocycles. The Morgan fingerprint density at radius 2 is 2.14 bits per heavy atom. The summed E-state index contributed by atoms with van der Waals surface area (Å²) in [5, 5.41) is 10.4. The number of ether oxygens (including phenoxy) is 1. The first-order valence-electron chi connectivity index (χ1n) is 13.0. The highest BCUT2D eigenvalue weighted by molar-refractivity contribution is 5.79. The van der Waals surface area contributed by atoms with Crippen molar-refractivity contribution in [3.63, 3.8) is 0 Å². The molecule has 1 aromatic heterocycles. The van der Waals surface area contributed by atoms with Crippen LogP contribution in [-0.4, -0.2) is 82.1 Å². The molecule has 1 fully saturated rings. The van der Waals surface area contributed by atoms with E-state index < -0.39 is 11.9 Å². The van der Waals surface area contributed by atoms with Crippen molar-refractivity contribution in [3.05, 3.63) is 53.6 Å². The zero-order chi connectivity index (χ0) is 25.5. The van der Waals surface area contributed by atoms with Crippen molar-refractivity contribution >= 4 is 11.9 Å². The van der Waals surface area contributed by atoms with Gasteiger partial charge in [-0.05, 0) is 42.5 Å². The first kappa shape index (κ1) is 26.0. The smallest absolute Gasteiger partial charge is 0.308 e. The molecule has 36 heavy (non-hydrogen) atoms. The predicted octanol–water partition coefficient (Wildman–Crippen LogP) is 2.10. The Morgan fingerprint density at radius 1 is 1.28 bits per heavy atom. The van der Waals surface area contributed by atoms with E-state index in [2.05, 4.69) is 27.9 Å². The van der Waals surface area contributed by atoms with Gasteiger partial charge < -0.3 is 20.5 Å². The third-order valence-electron chi connectivity index (χ3n) is 7.39. The minimum absolute atomic E-state index is 0.00748. The third kappa shape index (κ3) is 6.02. The van der Waals surface area contributed by atoms with Gasteiger partial charge in [-0.15, -0.1) is 0 Å². The van der Waals surface area contributed by atoms with Crippen molar-refractivity contribution in [1.82, 2.24) is 19.8 Å². The lowest BCUT2D eigenvalue weighted by molar-refractivity contribution is -0.143. The number of benzene rings is 1. The van der Waals surface area contributed by atoms with Crippen molar-refractivity contribution in [1.29, 1.82) is 0 Å². The molecule has 4 rings (SSSR count). The highest BCUT2D eigenvalue weighted by atomic mass is 16.5. The number of likely N-dealkylation sites (tertiary alicyclic amines) is 1. The van der Waals surface area contributed by atoms with Crippen LogP contribution in [0.1, 0.15) is 48.9 Å². The van der Waals surface area contributed by atoms with E-state index in [1.54, 1.807) is 6.20 Å². The van der Waals surface area contributed by atoms with Gasteiger partial charge in [0, 0.05) is 56.5 Å². The van der Waals surface area contributed by atoms with Crippen molar-refractivity contribution in [2.75, 3.05) is 39.3 Å². The number of carbonyl (C=O) groups excluding carboxylic acids is 1. The highest BCUT2D eigenvalue weighted by Crippen LogP contribution is 2.41. The van der Waals surface area contributed by atoms with Crippen molar-refractivity contribution in [2.24, 2.45) is 11.7 Å². The van der Waals surface area contributed by atoms with Gasteiger partial charge in [0.15, 0.2) is 0 Å². The van der Waals surface area contributed by atoms with E-state index in [1.165, 1.54) is 6.33 Å². The second-order valence-electron chi connectivity index (χ2n) is 9.70. The van der Waals surface area contributed by atoms with Gasteiger partial charge in [0.1, 0.15) is 12.1 Å². The van der Waals surface area contributed by atoms with Gasteiger partial charge in [0.2, 0.25) is 5.91 Å². The Kier molecular flexibility index (Phi) is 8.88. The average Bonchev–Trinajstić information content (AvgIpc) is 3.50. The molecule has 3 heterocycles. The van der Waals surface area contributed by atoms with Gasteiger partial charge in [-0.2, -0.15) is 0 Å². The normalized spacial score (nSPS) is 21.2. The summed E-state index contributed by atoms with van der Waals surface area (Å²) in [5.74, 6) is -0.782. The SMILES string of the molecule is CCCCN(CCN)C(=O)CN1C[C@H](c2ccc3c(c2)CCO3)C(C(=O)O)[C@@H]1CCc1ccncn1. The van der Waals surface area contributed by atoms with Crippen molar-refractivity contribution in [2.45, 2.75) is 51.0 Å². The molecule has 2 aliphatic heterocycles. The zero-order valence-corrected chi connectivity index (χ0v) is 21.0. The molecule has 0 bridgehead atoms. The fraction of sp³-hybridized carbons (Fsp3) is 0.556. The van der Waals surface area contributed by atoms with Crippen molar-refractivity contribution < 1.29 is 19.4 Å². The van der Waals surface area contributed by atoms with Crippen LogP contribution < -0.4 is 10.5 Å². The first-order valence-corrected chi connectivity index (χ1v) is 13.0. The van der Waals surface area contributed by atoms with Gasteiger partial charge in [0.25, 0.3) is 0 Å². The maximum Gasteiger partial charge on any atom is 0.308 e. The highest BCUT2D eigenvalue weighted by Gasteiger charge is 2.47. The van der Waals surface area contributed by atoms with Crippen LogP contribution >= 0.6 is 0 Å². The standard InChI is InChI=1S/C27H37N5O4/c1-2-3-12-31(13-10-28)25(33)17-32-16-22(19-4-7-24-20(15-19)9-14-36-24)26(27(34)35)23(32)6-5-21-8-11-29-18-30-21/h4,7-8,11,15,18,22-23,26H,2-3,5-6,9-10,12-14,16-17,28H2,1H3,(H,34,35)/t22-,23+,26?/m1/s1.